The van der Waals surface area contributed by atoms with Crippen LogP contribution in [0.15, 0.2) is 84.0 Å². The highest BCUT2D eigenvalue weighted by Gasteiger charge is 2.08. The molecule has 3 aromatic rings. The molecule has 3 aromatic carbocycles. The summed E-state index contributed by atoms with van der Waals surface area (Å²) in [6.07, 6.45) is 1.25. The number of rotatable bonds is 8. The van der Waals surface area contributed by atoms with Gasteiger partial charge in [-0.25, -0.2) is 5.43 Å². The minimum absolute atomic E-state index is 0.0248. The molecule has 0 atom stereocenters. The van der Waals surface area contributed by atoms with E-state index in [4.69, 9.17) is 4.74 Å². The van der Waals surface area contributed by atoms with E-state index in [1.165, 1.54) is 12.3 Å². The van der Waals surface area contributed by atoms with Crippen molar-refractivity contribution in [3.8, 4) is 11.5 Å². The number of benzene rings is 3. The van der Waals surface area contributed by atoms with Gasteiger partial charge in [0.2, 0.25) is 0 Å². The molecule has 5 nitrogen and oxygen atoms in total. The third-order valence-electron chi connectivity index (χ3n) is 3.87. The lowest BCUT2D eigenvalue weighted by Crippen LogP contribution is -2.17. The number of carbonyl (C=O) groups excluding carboxylic acids is 1. The first-order valence-corrected chi connectivity index (χ1v) is 8.76. The van der Waals surface area contributed by atoms with Crippen molar-refractivity contribution in [2.45, 2.75) is 13.2 Å². The van der Waals surface area contributed by atoms with Gasteiger partial charge in [-0.3, -0.25) is 4.79 Å². The minimum atomic E-state index is -2.94. The SMILES string of the molecule is O=C(N/N=C\c1ccccc1OC(F)F)c1ccc(COc2ccccc2)cc1. The number of nitrogens with zero attached hydrogens (tertiary/aromatic N) is 1. The average Bonchev–Trinajstić information content (AvgIpc) is 2.74. The summed E-state index contributed by atoms with van der Waals surface area (Å²) in [6, 6.07) is 22.5. The zero-order chi connectivity index (χ0) is 20.5. The highest BCUT2D eigenvalue weighted by Crippen LogP contribution is 2.18. The number of halogens is 2. The molecule has 1 N–H and O–H groups in total. The molecule has 0 bridgehead atoms. The number of para-hydroxylation sites is 2. The maximum absolute atomic E-state index is 12.4. The van der Waals surface area contributed by atoms with Crippen molar-refractivity contribution in [3.05, 3.63) is 95.6 Å². The third kappa shape index (κ3) is 6.14. The molecule has 0 spiro atoms. The van der Waals surface area contributed by atoms with E-state index in [-0.39, 0.29) is 5.75 Å². The monoisotopic (exact) mass is 396 g/mol. The zero-order valence-corrected chi connectivity index (χ0v) is 15.3. The summed E-state index contributed by atoms with van der Waals surface area (Å²) in [5.74, 6) is 0.312. The molecule has 0 aromatic heterocycles. The summed E-state index contributed by atoms with van der Waals surface area (Å²) in [6.45, 7) is -2.56. The summed E-state index contributed by atoms with van der Waals surface area (Å²) < 4.78 is 34.9. The largest absolute Gasteiger partial charge is 0.489 e. The minimum Gasteiger partial charge on any atom is -0.489 e. The smallest absolute Gasteiger partial charge is 0.387 e. The zero-order valence-electron chi connectivity index (χ0n) is 15.3. The van der Waals surface area contributed by atoms with Crippen molar-refractivity contribution in [2.75, 3.05) is 0 Å². The first-order valence-electron chi connectivity index (χ1n) is 8.76. The molecule has 0 heterocycles. The van der Waals surface area contributed by atoms with Crippen LogP contribution < -0.4 is 14.9 Å². The second-order valence-corrected chi connectivity index (χ2v) is 5.91. The van der Waals surface area contributed by atoms with Crippen LogP contribution in [0.1, 0.15) is 21.5 Å². The number of amides is 1. The summed E-state index contributed by atoms with van der Waals surface area (Å²) in [5, 5.41) is 3.81. The predicted molar refractivity (Wildman–Crippen MR) is 105 cm³/mol. The predicted octanol–water partition coefficient (Wildman–Crippen LogP) is 4.63. The van der Waals surface area contributed by atoms with Gasteiger partial charge < -0.3 is 9.47 Å². The van der Waals surface area contributed by atoms with Crippen LogP contribution in [-0.2, 0) is 6.61 Å². The van der Waals surface area contributed by atoms with E-state index < -0.39 is 12.5 Å². The van der Waals surface area contributed by atoms with Crippen LogP contribution in [0, 0.1) is 0 Å². The lowest BCUT2D eigenvalue weighted by molar-refractivity contribution is -0.0499. The van der Waals surface area contributed by atoms with E-state index in [9.17, 15) is 13.6 Å². The normalized spacial score (nSPS) is 10.9. The molecule has 0 aliphatic heterocycles. The molecule has 0 fully saturated rings. The van der Waals surface area contributed by atoms with E-state index in [1.807, 2.05) is 30.3 Å². The summed E-state index contributed by atoms with van der Waals surface area (Å²) in [4.78, 5) is 12.2. The Balaban J connectivity index is 1.55. The van der Waals surface area contributed by atoms with Gasteiger partial charge in [-0.05, 0) is 42.0 Å². The van der Waals surface area contributed by atoms with Crippen LogP contribution in [-0.4, -0.2) is 18.7 Å². The molecule has 0 aliphatic rings. The number of hydrogen-bond acceptors (Lipinski definition) is 4. The highest BCUT2D eigenvalue weighted by atomic mass is 19.3. The van der Waals surface area contributed by atoms with E-state index >= 15 is 0 Å². The van der Waals surface area contributed by atoms with Crippen LogP contribution in [0.5, 0.6) is 11.5 Å². The maximum Gasteiger partial charge on any atom is 0.387 e. The van der Waals surface area contributed by atoms with Crippen molar-refractivity contribution >= 4 is 12.1 Å². The number of hydrazone groups is 1. The van der Waals surface area contributed by atoms with Gasteiger partial charge in [0.1, 0.15) is 18.1 Å². The van der Waals surface area contributed by atoms with Gasteiger partial charge >= 0.3 is 6.61 Å². The number of hydrogen-bond donors (Lipinski definition) is 1. The Kier molecular flexibility index (Phi) is 6.89. The molecule has 0 aliphatic carbocycles. The highest BCUT2D eigenvalue weighted by molar-refractivity contribution is 5.95. The number of alkyl halides is 2. The van der Waals surface area contributed by atoms with Gasteiger partial charge in [0.15, 0.2) is 0 Å². The topological polar surface area (TPSA) is 59.9 Å². The fourth-order valence-corrected chi connectivity index (χ4v) is 2.45. The molecule has 0 unspecified atom stereocenters. The Labute approximate surface area is 166 Å². The van der Waals surface area contributed by atoms with E-state index in [0.29, 0.717) is 17.7 Å². The molecule has 7 heteroatoms. The Bertz CT molecular complexity index is 961. The molecule has 148 valence electrons. The quantitative estimate of drug-likeness (QED) is 0.446. The van der Waals surface area contributed by atoms with Crippen LogP contribution >= 0.6 is 0 Å². The number of carbonyl (C=O) groups is 1. The van der Waals surface area contributed by atoms with Gasteiger partial charge in [0.05, 0.1) is 6.21 Å². The van der Waals surface area contributed by atoms with Crippen LogP contribution in [0.4, 0.5) is 8.78 Å². The van der Waals surface area contributed by atoms with Crippen molar-refractivity contribution in [1.29, 1.82) is 0 Å². The number of nitrogens with one attached hydrogen (secondary N) is 1. The van der Waals surface area contributed by atoms with Crippen molar-refractivity contribution in [2.24, 2.45) is 5.10 Å². The Morgan fingerprint density at radius 2 is 1.66 bits per heavy atom. The first-order chi connectivity index (χ1) is 14.1. The van der Waals surface area contributed by atoms with E-state index in [2.05, 4.69) is 15.3 Å². The average molecular weight is 396 g/mol. The molecule has 0 saturated heterocycles. The second-order valence-electron chi connectivity index (χ2n) is 5.91. The fraction of sp³-hybridized carbons (Fsp3) is 0.0909. The van der Waals surface area contributed by atoms with Gasteiger partial charge in [-0.2, -0.15) is 13.9 Å². The van der Waals surface area contributed by atoms with E-state index in [1.54, 1.807) is 42.5 Å². The lowest BCUT2D eigenvalue weighted by Gasteiger charge is -2.07. The van der Waals surface area contributed by atoms with Gasteiger partial charge in [-0.15, -0.1) is 0 Å². The van der Waals surface area contributed by atoms with Crippen LogP contribution in [0.2, 0.25) is 0 Å². The second kappa shape index (κ2) is 9.98. The van der Waals surface area contributed by atoms with Crippen molar-refractivity contribution in [3.63, 3.8) is 0 Å². The summed E-state index contributed by atoms with van der Waals surface area (Å²) >= 11 is 0. The molecule has 0 radical (unpaired) electrons. The lowest BCUT2D eigenvalue weighted by atomic mass is 10.1. The third-order valence-corrected chi connectivity index (χ3v) is 3.87. The Morgan fingerprint density at radius 1 is 0.966 bits per heavy atom. The molecule has 29 heavy (non-hydrogen) atoms. The van der Waals surface area contributed by atoms with Crippen molar-refractivity contribution < 1.29 is 23.0 Å². The van der Waals surface area contributed by atoms with E-state index in [0.717, 1.165) is 11.3 Å². The van der Waals surface area contributed by atoms with Crippen molar-refractivity contribution in [1.82, 2.24) is 5.43 Å². The molecule has 1 amide bonds. The van der Waals surface area contributed by atoms with Gasteiger partial charge in [0.25, 0.3) is 5.91 Å². The molecular weight excluding hydrogens is 378 g/mol. The van der Waals surface area contributed by atoms with Gasteiger partial charge in [-0.1, -0.05) is 42.5 Å². The Morgan fingerprint density at radius 3 is 2.38 bits per heavy atom. The molecule has 3 rings (SSSR count). The first kappa shape index (κ1) is 20.0. The summed E-state index contributed by atoms with van der Waals surface area (Å²) in [5.41, 5.74) is 4.00. The standard InChI is InChI=1S/C22H18F2N2O3/c23-22(24)29-20-9-5-4-6-18(20)14-25-26-21(27)17-12-10-16(11-13-17)15-28-19-7-2-1-3-8-19/h1-14,22H,15H2,(H,26,27)/b25-14-. The fourth-order valence-electron chi connectivity index (χ4n) is 2.45. The van der Waals surface area contributed by atoms with Gasteiger partial charge in [0, 0.05) is 11.1 Å². The Hall–Kier alpha value is -3.74. The van der Waals surface area contributed by atoms with Crippen LogP contribution in [0.3, 0.4) is 0 Å². The molecular formula is C22H18F2N2O3. The number of ether oxygens (including phenoxy) is 2. The molecule has 0 saturated carbocycles. The summed E-state index contributed by atoms with van der Waals surface area (Å²) in [7, 11) is 0. The van der Waals surface area contributed by atoms with Crippen LogP contribution in [0.25, 0.3) is 0 Å². The maximum atomic E-state index is 12.4.